The van der Waals surface area contributed by atoms with Gasteiger partial charge < -0.3 is 5.32 Å². The molecule has 0 bridgehead atoms. The van der Waals surface area contributed by atoms with Gasteiger partial charge in [-0.3, -0.25) is 4.90 Å². The largest absolute Gasteiger partial charge is 0.311 e. The van der Waals surface area contributed by atoms with E-state index in [-0.39, 0.29) is 5.75 Å². The summed E-state index contributed by atoms with van der Waals surface area (Å²) in [5, 5.41) is 3.57. The molecule has 2 unspecified atom stereocenters. The molecule has 1 fully saturated rings. The first kappa shape index (κ1) is 15.9. The SMILES string of the molecule is CCCC1CN(CCS(=O)(=O)CC)C(CC)CN1. The van der Waals surface area contributed by atoms with Crippen molar-refractivity contribution in [1.29, 1.82) is 0 Å². The molecule has 1 N–H and O–H groups in total. The van der Waals surface area contributed by atoms with Gasteiger partial charge in [0.1, 0.15) is 0 Å². The van der Waals surface area contributed by atoms with Gasteiger partial charge in [-0.15, -0.1) is 0 Å². The number of rotatable bonds is 7. The van der Waals surface area contributed by atoms with Gasteiger partial charge in [-0.2, -0.15) is 0 Å². The zero-order valence-corrected chi connectivity index (χ0v) is 12.8. The monoisotopic (exact) mass is 276 g/mol. The Balaban J connectivity index is 2.52. The van der Waals surface area contributed by atoms with Crippen LogP contribution in [0.15, 0.2) is 0 Å². The Labute approximate surface area is 112 Å². The van der Waals surface area contributed by atoms with Crippen LogP contribution in [0.3, 0.4) is 0 Å². The number of nitrogens with one attached hydrogen (secondary N) is 1. The van der Waals surface area contributed by atoms with Gasteiger partial charge in [-0.1, -0.05) is 27.2 Å². The van der Waals surface area contributed by atoms with E-state index in [0.29, 0.717) is 24.4 Å². The van der Waals surface area contributed by atoms with Gasteiger partial charge in [0.25, 0.3) is 0 Å². The molecule has 0 spiro atoms. The lowest BCUT2D eigenvalue weighted by atomic mass is 10.0. The highest BCUT2D eigenvalue weighted by Gasteiger charge is 2.26. The van der Waals surface area contributed by atoms with Crippen LogP contribution in [0.25, 0.3) is 0 Å². The first-order chi connectivity index (χ1) is 8.52. The lowest BCUT2D eigenvalue weighted by Gasteiger charge is -2.40. The van der Waals surface area contributed by atoms with E-state index in [9.17, 15) is 8.42 Å². The van der Waals surface area contributed by atoms with E-state index in [1.54, 1.807) is 6.92 Å². The third-order valence-electron chi connectivity index (χ3n) is 3.85. The van der Waals surface area contributed by atoms with Crippen molar-refractivity contribution in [2.24, 2.45) is 0 Å². The van der Waals surface area contributed by atoms with Gasteiger partial charge in [0.15, 0.2) is 9.84 Å². The quantitative estimate of drug-likeness (QED) is 0.761. The van der Waals surface area contributed by atoms with E-state index in [0.717, 1.165) is 19.5 Å². The topological polar surface area (TPSA) is 49.4 Å². The van der Waals surface area contributed by atoms with E-state index < -0.39 is 9.84 Å². The molecule has 5 heteroatoms. The van der Waals surface area contributed by atoms with Crippen LogP contribution in [-0.4, -0.2) is 56.5 Å². The molecule has 108 valence electrons. The summed E-state index contributed by atoms with van der Waals surface area (Å²) >= 11 is 0. The third-order valence-corrected chi connectivity index (χ3v) is 5.54. The Morgan fingerprint density at radius 2 is 2.00 bits per heavy atom. The van der Waals surface area contributed by atoms with Crippen LogP contribution >= 0.6 is 0 Å². The number of nitrogens with zero attached hydrogens (tertiary/aromatic N) is 1. The van der Waals surface area contributed by atoms with E-state index in [2.05, 4.69) is 24.1 Å². The van der Waals surface area contributed by atoms with Crippen molar-refractivity contribution in [2.45, 2.75) is 52.1 Å². The highest BCUT2D eigenvalue weighted by molar-refractivity contribution is 7.91. The van der Waals surface area contributed by atoms with E-state index >= 15 is 0 Å². The zero-order valence-electron chi connectivity index (χ0n) is 12.0. The second-order valence-electron chi connectivity index (χ2n) is 5.19. The molecule has 0 aromatic rings. The molecule has 18 heavy (non-hydrogen) atoms. The summed E-state index contributed by atoms with van der Waals surface area (Å²) in [5.74, 6) is 0.563. The van der Waals surface area contributed by atoms with Crippen molar-refractivity contribution in [1.82, 2.24) is 10.2 Å². The highest BCUT2D eigenvalue weighted by atomic mass is 32.2. The van der Waals surface area contributed by atoms with Crippen molar-refractivity contribution >= 4 is 9.84 Å². The number of hydrogen-bond donors (Lipinski definition) is 1. The maximum absolute atomic E-state index is 11.6. The maximum Gasteiger partial charge on any atom is 0.151 e. The fourth-order valence-electron chi connectivity index (χ4n) is 2.55. The summed E-state index contributed by atoms with van der Waals surface area (Å²) in [6, 6.07) is 1.02. The van der Waals surface area contributed by atoms with Crippen LogP contribution in [0.4, 0.5) is 0 Å². The summed E-state index contributed by atoms with van der Waals surface area (Å²) in [6.45, 7) is 8.77. The minimum atomic E-state index is -2.84. The molecule has 0 aromatic carbocycles. The van der Waals surface area contributed by atoms with Crippen LogP contribution < -0.4 is 5.32 Å². The zero-order chi connectivity index (χ0) is 13.6. The van der Waals surface area contributed by atoms with Crippen molar-refractivity contribution in [2.75, 3.05) is 31.1 Å². The average molecular weight is 276 g/mol. The molecule has 1 rings (SSSR count). The summed E-state index contributed by atoms with van der Waals surface area (Å²) in [5.41, 5.74) is 0. The van der Waals surface area contributed by atoms with Crippen molar-refractivity contribution < 1.29 is 8.42 Å². The van der Waals surface area contributed by atoms with Crippen molar-refractivity contribution in [3.8, 4) is 0 Å². The minimum Gasteiger partial charge on any atom is -0.311 e. The van der Waals surface area contributed by atoms with Crippen LogP contribution in [0.1, 0.15) is 40.0 Å². The molecule has 0 aliphatic carbocycles. The second-order valence-corrected chi connectivity index (χ2v) is 7.66. The molecule has 2 atom stereocenters. The van der Waals surface area contributed by atoms with Gasteiger partial charge >= 0.3 is 0 Å². The van der Waals surface area contributed by atoms with Gasteiger partial charge in [0, 0.05) is 37.5 Å². The van der Waals surface area contributed by atoms with Crippen LogP contribution in [-0.2, 0) is 9.84 Å². The minimum absolute atomic E-state index is 0.258. The lowest BCUT2D eigenvalue weighted by Crippen LogP contribution is -2.57. The molecule has 0 saturated carbocycles. The molecule has 4 nitrogen and oxygen atoms in total. The van der Waals surface area contributed by atoms with Gasteiger partial charge in [0.2, 0.25) is 0 Å². The molecule has 1 saturated heterocycles. The van der Waals surface area contributed by atoms with Crippen LogP contribution in [0, 0.1) is 0 Å². The molecule has 1 aliphatic heterocycles. The molecular weight excluding hydrogens is 248 g/mol. The standard InChI is InChI=1S/C13H28N2O2S/c1-4-7-12-11-15(13(5-2)10-14-12)8-9-18(16,17)6-3/h12-14H,4-11H2,1-3H3. The van der Waals surface area contributed by atoms with Crippen LogP contribution in [0.2, 0.25) is 0 Å². The third kappa shape index (κ3) is 4.86. The Morgan fingerprint density at radius 3 is 2.56 bits per heavy atom. The Hall–Kier alpha value is -0.130. The smallest absolute Gasteiger partial charge is 0.151 e. The average Bonchev–Trinajstić information content (AvgIpc) is 2.37. The molecule has 1 heterocycles. The fourth-order valence-corrected chi connectivity index (χ4v) is 3.35. The summed E-state index contributed by atoms with van der Waals surface area (Å²) in [7, 11) is -2.84. The van der Waals surface area contributed by atoms with E-state index in [4.69, 9.17) is 0 Å². The lowest BCUT2D eigenvalue weighted by molar-refractivity contribution is 0.130. The molecule has 0 aromatic heterocycles. The Kier molecular flexibility index (Phi) is 6.60. The molecular formula is C13H28N2O2S. The Morgan fingerprint density at radius 1 is 1.28 bits per heavy atom. The second kappa shape index (κ2) is 7.46. The summed E-state index contributed by atoms with van der Waals surface area (Å²) in [4.78, 5) is 2.37. The molecule has 0 amide bonds. The first-order valence-corrected chi connectivity index (χ1v) is 9.02. The summed E-state index contributed by atoms with van der Waals surface area (Å²) < 4.78 is 23.2. The number of piperazine rings is 1. The molecule has 0 radical (unpaired) electrons. The number of sulfone groups is 1. The van der Waals surface area contributed by atoms with E-state index in [1.165, 1.54) is 12.8 Å². The van der Waals surface area contributed by atoms with E-state index in [1.807, 2.05) is 0 Å². The summed E-state index contributed by atoms with van der Waals surface area (Å²) in [6.07, 6.45) is 3.43. The normalized spacial score (nSPS) is 26.4. The van der Waals surface area contributed by atoms with Gasteiger partial charge in [0.05, 0.1) is 5.75 Å². The van der Waals surface area contributed by atoms with Gasteiger partial charge in [-0.05, 0) is 12.8 Å². The van der Waals surface area contributed by atoms with Crippen molar-refractivity contribution in [3.05, 3.63) is 0 Å². The van der Waals surface area contributed by atoms with Crippen LogP contribution in [0.5, 0.6) is 0 Å². The first-order valence-electron chi connectivity index (χ1n) is 7.20. The maximum atomic E-state index is 11.6. The molecule has 1 aliphatic rings. The van der Waals surface area contributed by atoms with Gasteiger partial charge in [-0.25, -0.2) is 8.42 Å². The predicted molar refractivity (Wildman–Crippen MR) is 76.7 cm³/mol. The number of hydrogen-bond acceptors (Lipinski definition) is 4. The highest BCUT2D eigenvalue weighted by Crippen LogP contribution is 2.13. The Bertz CT molecular complexity index is 330. The predicted octanol–water partition coefficient (Wildman–Crippen LogP) is 1.27. The van der Waals surface area contributed by atoms with Crippen molar-refractivity contribution in [3.63, 3.8) is 0 Å². The fraction of sp³-hybridized carbons (Fsp3) is 1.00.